The van der Waals surface area contributed by atoms with Gasteiger partial charge in [-0.15, -0.1) is 0 Å². The first-order valence-corrected chi connectivity index (χ1v) is 6.01. The summed E-state index contributed by atoms with van der Waals surface area (Å²) in [5, 5.41) is 7.83. The van der Waals surface area contributed by atoms with E-state index in [1.165, 1.54) is 0 Å². The van der Waals surface area contributed by atoms with E-state index in [0.717, 1.165) is 0 Å². The molecule has 17 heavy (non-hydrogen) atoms. The van der Waals surface area contributed by atoms with Crippen LogP contribution < -0.4 is 11.1 Å². The molecule has 0 fully saturated rings. The highest BCUT2D eigenvalue weighted by atomic mass is 35.5. The van der Waals surface area contributed by atoms with Crippen molar-refractivity contribution in [1.29, 1.82) is 0 Å². The Labute approximate surface area is 106 Å². The van der Waals surface area contributed by atoms with Crippen LogP contribution in [0.25, 0.3) is 0 Å². The van der Waals surface area contributed by atoms with Gasteiger partial charge in [0.1, 0.15) is 0 Å². The SMILES string of the molecule is CCNC(C)(CC(C)n1cc(Cl)cn1)C(N)=O. The Morgan fingerprint density at radius 3 is 2.82 bits per heavy atom. The van der Waals surface area contributed by atoms with Gasteiger partial charge in [0.15, 0.2) is 0 Å². The Balaban J connectivity index is 2.77. The van der Waals surface area contributed by atoms with Crippen LogP contribution in [0.5, 0.6) is 0 Å². The highest BCUT2D eigenvalue weighted by molar-refractivity contribution is 6.30. The number of primary amides is 1. The smallest absolute Gasteiger partial charge is 0.237 e. The summed E-state index contributed by atoms with van der Waals surface area (Å²) in [6.07, 6.45) is 3.88. The minimum atomic E-state index is -0.730. The molecular formula is C11H19ClN4O. The van der Waals surface area contributed by atoms with E-state index in [1.54, 1.807) is 24.0 Å². The van der Waals surface area contributed by atoms with Gasteiger partial charge in [-0.2, -0.15) is 5.10 Å². The molecule has 0 aromatic carbocycles. The van der Waals surface area contributed by atoms with Gasteiger partial charge in [-0.25, -0.2) is 0 Å². The number of carbonyl (C=O) groups excluding carboxylic acids is 1. The van der Waals surface area contributed by atoms with Gasteiger partial charge in [-0.1, -0.05) is 18.5 Å². The highest BCUT2D eigenvalue weighted by Crippen LogP contribution is 2.21. The van der Waals surface area contributed by atoms with Gasteiger partial charge in [0, 0.05) is 6.20 Å². The van der Waals surface area contributed by atoms with Crippen LogP contribution in [-0.2, 0) is 4.79 Å². The summed E-state index contributed by atoms with van der Waals surface area (Å²) >= 11 is 5.81. The zero-order valence-electron chi connectivity index (χ0n) is 10.4. The number of hydrogen-bond acceptors (Lipinski definition) is 3. The Bertz CT molecular complexity index is 393. The third-order valence-corrected chi connectivity index (χ3v) is 3.03. The predicted molar refractivity (Wildman–Crippen MR) is 67.8 cm³/mol. The number of nitrogens with two attached hydrogens (primary N) is 1. The van der Waals surface area contributed by atoms with Gasteiger partial charge >= 0.3 is 0 Å². The van der Waals surface area contributed by atoms with Crippen molar-refractivity contribution in [3.63, 3.8) is 0 Å². The first-order valence-electron chi connectivity index (χ1n) is 5.63. The third-order valence-electron chi connectivity index (χ3n) is 2.84. The summed E-state index contributed by atoms with van der Waals surface area (Å²) < 4.78 is 1.74. The Morgan fingerprint density at radius 2 is 2.41 bits per heavy atom. The minimum Gasteiger partial charge on any atom is -0.368 e. The first kappa shape index (κ1) is 14.0. The maximum absolute atomic E-state index is 11.5. The molecule has 1 aromatic heterocycles. The second-order valence-corrected chi connectivity index (χ2v) is 4.85. The van der Waals surface area contributed by atoms with E-state index in [4.69, 9.17) is 17.3 Å². The van der Waals surface area contributed by atoms with E-state index in [9.17, 15) is 4.79 Å². The lowest BCUT2D eigenvalue weighted by Crippen LogP contribution is -2.54. The second kappa shape index (κ2) is 5.51. The van der Waals surface area contributed by atoms with Crippen molar-refractivity contribution in [3.05, 3.63) is 17.4 Å². The van der Waals surface area contributed by atoms with Gasteiger partial charge in [-0.3, -0.25) is 9.48 Å². The maximum Gasteiger partial charge on any atom is 0.237 e. The number of nitrogens with one attached hydrogen (secondary N) is 1. The molecule has 96 valence electrons. The molecule has 5 nitrogen and oxygen atoms in total. The quantitative estimate of drug-likeness (QED) is 0.809. The monoisotopic (exact) mass is 258 g/mol. The Morgan fingerprint density at radius 1 is 1.76 bits per heavy atom. The van der Waals surface area contributed by atoms with Crippen molar-refractivity contribution in [1.82, 2.24) is 15.1 Å². The number of halogens is 1. The molecule has 0 spiro atoms. The van der Waals surface area contributed by atoms with Crippen molar-refractivity contribution in [2.75, 3.05) is 6.54 Å². The van der Waals surface area contributed by atoms with Gasteiger partial charge in [0.05, 0.1) is 22.8 Å². The topological polar surface area (TPSA) is 72.9 Å². The van der Waals surface area contributed by atoms with Crippen molar-refractivity contribution in [3.8, 4) is 0 Å². The molecule has 1 rings (SSSR count). The zero-order chi connectivity index (χ0) is 13.1. The number of carbonyl (C=O) groups is 1. The molecule has 0 bridgehead atoms. The Kier molecular flexibility index (Phi) is 4.54. The van der Waals surface area contributed by atoms with Gasteiger partial charge < -0.3 is 11.1 Å². The molecule has 0 saturated carbocycles. The van der Waals surface area contributed by atoms with Crippen LogP contribution in [0.4, 0.5) is 0 Å². The normalized spacial score (nSPS) is 16.5. The number of aromatic nitrogens is 2. The number of rotatable bonds is 6. The molecule has 0 aliphatic carbocycles. The zero-order valence-corrected chi connectivity index (χ0v) is 11.2. The van der Waals surface area contributed by atoms with Crippen LogP contribution >= 0.6 is 11.6 Å². The standard InChI is InChI=1S/C11H19ClN4O/c1-4-14-11(3,10(13)17)5-8(2)16-7-9(12)6-15-16/h6-8,14H,4-5H2,1-3H3,(H2,13,17). The molecule has 1 amide bonds. The molecule has 2 atom stereocenters. The Hall–Kier alpha value is -1.07. The fourth-order valence-corrected chi connectivity index (χ4v) is 2.03. The van der Waals surface area contributed by atoms with Crippen molar-refractivity contribution >= 4 is 17.5 Å². The molecule has 2 unspecified atom stereocenters. The van der Waals surface area contributed by atoms with Gasteiger partial charge in [0.25, 0.3) is 0 Å². The fraction of sp³-hybridized carbons (Fsp3) is 0.636. The third kappa shape index (κ3) is 3.44. The molecule has 1 heterocycles. The van der Waals surface area contributed by atoms with Crippen molar-refractivity contribution in [2.45, 2.75) is 38.8 Å². The number of amides is 1. The van der Waals surface area contributed by atoms with E-state index < -0.39 is 5.54 Å². The van der Waals surface area contributed by atoms with E-state index in [1.807, 2.05) is 13.8 Å². The summed E-state index contributed by atoms with van der Waals surface area (Å²) in [4.78, 5) is 11.5. The predicted octanol–water partition coefficient (Wildman–Crippen LogP) is 1.34. The van der Waals surface area contributed by atoms with Crippen LogP contribution in [0.2, 0.25) is 5.02 Å². The summed E-state index contributed by atoms with van der Waals surface area (Å²) in [5.74, 6) is -0.357. The average molecular weight is 259 g/mol. The molecule has 0 radical (unpaired) electrons. The van der Waals surface area contributed by atoms with Crippen LogP contribution in [0, 0.1) is 0 Å². The highest BCUT2D eigenvalue weighted by Gasteiger charge is 2.32. The van der Waals surface area contributed by atoms with E-state index in [-0.39, 0.29) is 11.9 Å². The lowest BCUT2D eigenvalue weighted by molar-refractivity contribution is -0.124. The molecule has 0 aliphatic rings. The van der Waals surface area contributed by atoms with Crippen LogP contribution in [0.3, 0.4) is 0 Å². The van der Waals surface area contributed by atoms with Gasteiger partial charge in [-0.05, 0) is 26.8 Å². The van der Waals surface area contributed by atoms with Crippen LogP contribution in [-0.4, -0.2) is 27.8 Å². The number of likely N-dealkylation sites (N-methyl/N-ethyl adjacent to an activating group) is 1. The number of nitrogens with zero attached hydrogens (tertiary/aromatic N) is 2. The fourth-order valence-electron chi connectivity index (χ4n) is 1.89. The molecule has 3 N–H and O–H groups in total. The lowest BCUT2D eigenvalue weighted by Gasteiger charge is -2.30. The van der Waals surface area contributed by atoms with E-state index >= 15 is 0 Å². The molecular weight excluding hydrogens is 240 g/mol. The van der Waals surface area contributed by atoms with Crippen molar-refractivity contribution in [2.24, 2.45) is 5.73 Å². The number of hydrogen-bond donors (Lipinski definition) is 2. The molecule has 1 aromatic rings. The van der Waals surface area contributed by atoms with Gasteiger partial charge in [0.2, 0.25) is 5.91 Å². The first-order chi connectivity index (χ1) is 7.89. The minimum absolute atomic E-state index is 0.0408. The largest absolute Gasteiger partial charge is 0.368 e. The summed E-state index contributed by atoms with van der Waals surface area (Å²) in [6, 6.07) is 0.0408. The maximum atomic E-state index is 11.5. The van der Waals surface area contributed by atoms with E-state index in [0.29, 0.717) is 18.0 Å². The van der Waals surface area contributed by atoms with E-state index in [2.05, 4.69) is 10.4 Å². The van der Waals surface area contributed by atoms with Crippen LogP contribution in [0.1, 0.15) is 33.2 Å². The summed E-state index contributed by atoms with van der Waals surface area (Å²) in [6.45, 7) is 6.41. The second-order valence-electron chi connectivity index (χ2n) is 4.42. The molecule has 0 saturated heterocycles. The summed E-state index contributed by atoms with van der Waals surface area (Å²) in [7, 11) is 0. The molecule has 6 heteroatoms. The summed E-state index contributed by atoms with van der Waals surface area (Å²) in [5.41, 5.74) is 4.70. The van der Waals surface area contributed by atoms with Crippen LogP contribution in [0.15, 0.2) is 12.4 Å². The molecule has 0 aliphatic heterocycles. The lowest BCUT2D eigenvalue weighted by atomic mass is 9.93. The average Bonchev–Trinajstić information content (AvgIpc) is 2.65. The van der Waals surface area contributed by atoms with Crippen molar-refractivity contribution < 1.29 is 4.79 Å².